The molecule has 34 heavy (non-hydrogen) atoms. The van der Waals surface area contributed by atoms with Crippen LogP contribution in [0, 0.1) is 5.92 Å². The summed E-state index contributed by atoms with van der Waals surface area (Å²) in [7, 11) is 0. The number of hydrogen-bond donors (Lipinski definition) is 0. The monoisotopic (exact) mass is 458 g/mol. The van der Waals surface area contributed by atoms with Crippen molar-refractivity contribution < 1.29 is 9.53 Å². The summed E-state index contributed by atoms with van der Waals surface area (Å²) in [6.07, 6.45) is 7.92. The molecule has 8 nitrogen and oxygen atoms in total. The van der Waals surface area contributed by atoms with Crippen molar-refractivity contribution in [3.63, 3.8) is 0 Å². The number of nitrogens with zero attached hydrogens (tertiary/aromatic N) is 6. The minimum absolute atomic E-state index is 0.0359. The highest BCUT2D eigenvalue weighted by molar-refractivity contribution is 5.73. The second kappa shape index (κ2) is 10.3. The van der Waals surface area contributed by atoms with Gasteiger partial charge in [-0.25, -0.2) is 9.97 Å². The predicted molar refractivity (Wildman–Crippen MR) is 129 cm³/mol. The number of piperidine rings is 1. The number of ether oxygens (including phenoxy) is 1. The van der Waals surface area contributed by atoms with Gasteiger partial charge in [-0.15, -0.1) is 0 Å². The normalized spacial score (nSPS) is 16.8. The van der Waals surface area contributed by atoms with Crippen molar-refractivity contribution in [2.45, 2.75) is 39.3 Å². The molecule has 0 saturated carbocycles. The maximum Gasteiger partial charge on any atom is 0.309 e. The fourth-order valence-corrected chi connectivity index (χ4v) is 4.80. The average Bonchev–Trinajstić information content (AvgIpc) is 2.89. The Labute approximate surface area is 200 Å². The molecule has 1 saturated heterocycles. The van der Waals surface area contributed by atoms with Crippen molar-refractivity contribution in [2.24, 2.45) is 5.92 Å². The van der Waals surface area contributed by atoms with Crippen LogP contribution < -0.4 is 4.90 Å². The zero-order chi connectivity index (χ0) is 23.3. The minimum Gasteiger partial charge on any atom is -0.466 e. The first kappa shape index (κ1) is 22.4. The average molecular weight is 459 g/mol. The standard InChI is InChI=1S/C26H30N6O2/c1-2-34-26(33)20-8-14-32(15-9-20)25-21-18-31(17-19-6-5-11-27-16-19)13-10-22(21)29-24(30-25)23-7-3-4-12-28-23/h3-7,11-12,16,20H,2,8-10,13-15,17-18H2,1H3. The van der Waals surface area contributed by atoms with E-state index in [1.54, 1.807) is 12.4 Å². The van der Waals surface area contributed by atoms with E-state index in [1.165, 1.54) is 11.1 Å². The number of esters is 1. The van der Waals surface area contributed by atoms with Crippen LogP contribution >= 0.6 is 0 Å². The number of aromatic nitrogens is 4. The number of rotatable bonds is 6. The first-order valence-electron chi connectivity index (χ1n) is 12.0. The molecule has 0 unspecified atom stereocenters. The zero-order valence-electron chi connectivity index (χ0n) is 19.6. The van der Waals surface area contributed by atoms with Gasteiger partial charge in [-0.2, -0.15) is 0 Å². The Morgan fingerprint density at radius 1 is 1.09 bits per heavy atom. The summed E-state index contributed by atoms with van der Waals surface area (Å²) in [6, 6.07) is 9.92. The Kier molecular flexibility index (Phi) is 6.76. The first-order valence-corrected chi connectivity index (χ1v) is 12.0. The van der Waals surface area contributed by atoms with Crippen LogP contribution in [0.25, 0.3) is 11.5 Å². The van der Waals surface area contributed by atoms with Crippen molar-refractivity contribution in [3.8, 4) is 11.5 Å². The summed E-state index contributed by atoms with van der Waals surface area (Å²) in [5.41, 5.74) is 4.27. The SMILES string of the molecule is CCOC(=O)C1CCN(c2nc(-c3ccccn3)nc3c2CN(Cc2cccnc2)CC3)CC1. The van der Waals surface area contributed by atoms with Gasteiger partial charge in [-0.05, 0) is 43.5 Å². The minimum atomic E-state index is -0.0799. The van der Waals surface area contributed by atoms with E-state index in [-0.39, 0.29) is 11.9 Å². The van der Waals surface area contributed by atoms with Crippen LogP contribution in [0.4, 0.5) is 5.82 Å². The van der Waals surface area contributed by atoms with Gasteiger partial charge in [0.25, 0.3) is 0 Å². The molecule has 0 atom stereocenters. The van der Waals surface area contributed by atoms with Gasteiger partial charge in [-0.3, -0.25) is 19.7 Å². The van der Waals surface area contributed by atoms with E-state index in [4.69, 9.17) is 14.7 Å². The van der Waals surface area contributed by atoms with Crippen molar-refractivity contribution >= 4 is 11.8 Å². The quantitative estimate of drug-likeness (QED) is 0.521. The van der Waals surface area contributed by atoms with Crippen molar-refractivity contribution in [1.82, 2.24) is 24.8 Å². The van der Waals surface area contributed by atoms with Gasteiger partial charge in [0.05, 0.1) is 18.2 Å². The largest absolute Gasteiger partial charge is 0.466 e. The maximum absolute atomic E-state index is 12.2. The lowest BCUT2D eigenvalue weighted by Gasteiger charge is -2.36. The molecule has 0 radical (unpaired) electrons. The van der Waals surface area contributed by atoms with Crippen LogP contribution in [0.3, 0.4) is 0 Å². The van der Waals surface area contributed by atoms with E-state index in [0.29, 0.717) is 12.4 Å². The molecular weight excluding hydrogens is 428 g/mol. The highest BCUT2D eigenvalue weighted by Crippen LogP contribution is 2.32. The van der Waals surface area contributed by atoms with Gasteiger partial charge in [0, 0.05) is 63.3 Å². The third-order valence-electron chi connectivity index (χ3n) is 6.55. The lowest BCUT2D eigenvalue weighted by molar-refractivity contribution is -0.148. The van der Waals surface area contributed by atoms with Gasteiger partial charge in [-0.1, -0.05) is 12.1 Å². The molecule has 8 heteroatoms. The summed E-state index contributed by atoms with van der Waals surface area (Å²) in [4.78, 5) is 35.7. The lowest BCUT2D eigenvalue weighted by Crippen LogP contribution is -2.40. The van der Waals surface area contributed by atoms with Crippen molar-refractivity contribution in [3.05, 3.63) is 65.7 Å². The highest BCUT2D eigenvalue weighted by Gasteiger charge is 2.31. The maximum atomic E-state index is 12.2. The number of pyridine rings is 2. The molecule has 176 valence electrons. The third kappa shape index (κ3) is 4.92. The van der Waals surface area contributed by atoms with Crippen LogP contribution in [-0.2, 0) is 29.0 Å². The summed E-state index contributed by atoms with van der Waals surface area (Å²) >= 11 is 0. The Bertz CT molecular complexity index is 1120. The molecule has 3 aromatic heterocycles. The molecule has 0 amide bonds. The summed E-state index contributed by atoms with van der Waals surface area (Å²) in [5.74, 6) is 1.53. The van der Waals surface area contributed by atoms with Gasteiger partial charge in [0.15, 0.2) is 5.82 Å². The molecule has 0 aromatic carbocycles. The van der Waals surface area contributed by atoms with Crippen LogP contribution in [-0.4, -0.2) is 57.0 Å². The number of carbonyl (C=O) groups excluding carboxylic acids is 1. The number of carbonyl (C=O) groups is 1. The number of hydrogen-bond acceptors (Lipinski definition) is 8. The summed E-state index contributed by atoms with van der Waals surface area (Å²) in [5, 5.41) is 0. The molecule has 5 rings (SSSR count). The molecular formula is C26H30N6O2. The van der Waals surface area contributed by atoms with Crippen molar-refractivity contribution in [1.29, 1.82) is 0 Å². The number of anilines is 1. The van der Waals surface area contributed by atoms with Crippen LogP contribution in [0.1, 0.15) is 36.6 Å². The topological polar surface area (TPSA) is 84.3 Å². The fraction of sp³-hybridized carbons (Fsp3) is 0.423. The molecule has 0 aliphatic carbocycles. The third-order valence-corrected chi connectivity index (χ3v) is 6.55. The number of fused-ring (bicyclic) bond motifs is 1. The molecule has 0 bridgehead atoms. The Morgan fingerprint density at radius 2 is 1.97 bits per heavy atom. The molecule has 0 spiro atoms. The van der Waals surface area contributed by atoms with Gasteiger partial charge in [0.2, 0.25) is 0 Å². The molecule has 5 heterocycles. The van der Waals surface area contributed by atoms with E-state index in [1.807, 2.05) is 37.4 Å². The lowest BCUT2D eigenvalue weighted by atomic mass is 9.96. The van der Waals surface area contributed by atoms with Crippen LogP contribution in [0.15, 0.2) is 48.9 Å². The smallest absolute Gasteiger partial charge is 0.309 e. The Balaban J connectivity index is 1.43. The first-order chi connectivity index (χ1) is 16.7. The van der Waals surface area contributed by atoms with E-state index in [2.05, 4.69) is 25.8 Å². The fourth-order valence-electron chi connectivity index (χ4n) is 4.80. The van der Waals surface area contributed by atoms with E-state index >= 15 is 0 Å². The Morgan fingerprint density at radius 3 is 2.71 bits per heavy atom. The second-order valence-corrected chi connectivity index (χ2v) is 8.85. The molecule has 3 aromatic rings. The van der Waals surface area contributed by atoms with E-state index in [0.717, 1.165) is 69.2 Å². The van der Waals surface area contributed by atoms with E-state index in [9.17, 15) is 4.79 Å². The van der Waals surface area contributed by atoms with Crippen LogP contribution in [0.2, 0.25) is 0 Å². The van der Waals surface area contributed by atoms with Gasteiger partial charge >= 0.3 is 5.97 Å². The molecule has 1 fully saturated rings. The summed E-state index contributed by atoms with van der Waals surface area (Å²) in [6.45, 7) is 6.41. The highest BCUT2D eigenvalue weighted by atomic mass is 16.5. The van der Waals surface area contributed by atoms with Crippen molar-refractivity contribution in [2.75, 3.05) is 31.1 Å². The summed E-state index contributed by atoms with van der Waals surface area (Å²) < 4.78 is 5.26. The zero-order valence-corrected chi connectivity index (χ0v) is 19.6. The molecule has 2 aliphatic heterocycles. The predicted octanol–water partition coefficient (Wildman–Crippen LogP) is 3.27. The van der Waals surface area contributed by atoms with Gasteiger partial charge < -0.3 is 9.64 Å². The molecule has 0 N–H and O–H groups in total. The Hall–Kier alpha value is -3.39. The second-order valence-electron chi connectivity index (χ2n) is 8.85. The van der Waals surface area contributed by atoms with Crippen LogP contribution in [0.5, 0.6) is 0 Å². The molecule has 2 aliphatic rings. The van der Waals surface area contributed by atoms with E-state index < -0.39 is 0 Å². The van der Waals surface area contributed by atoms with Gasteiger partial charge in [0.1, 0.15) is 11.5 Å².